The van der Waals surface area contributed by atoms with E-state index in [1.165, 1.54) is 18.4 Å². The van der Waals surface area contributed by atoms with Crippen LogP contribution in [0.15, 0.2) is 30.3 Å². The molecule has 2 heteroatoms. The Bertz CT molecular complexity index is 284. The van der Waals surface area contributed by atoms with E-state index >= 15 is 0 Å². The summed E-state index contributed by atoms with van der Waals surface area (Å²) in [7, 11) is 4.27. The highest BCUT2D eigenvalue weighted by Gasteiger charge is 2.08. The number of rotatable bonds is 8. The molecule has 0 fully saturated rings. The van der Waals surface area contributed by atoms with E-state index < -0.39 is 0 Å². The van der Waals surface area contributed by atoms with Crippen LogP contribution in [0.2, 0.25) is 0 Å². The lowest BCUT2D eigenvalue weighted by Crippen LogP contribution is -2.38. The topological polar surface area (TPSA) is 15.3 Å². The van der Waals surface area contributed by atoms with Crippen LogP contribution in [0.3, 0.4) is 0 Å². The number of likely N-dealkylation sites (N-methyl/N-ethyl adjacent to an activating group) is 2. The monoisotopic (exact) mass is 234 g/mol. The second-order valence-electron chi connectivity index (χ2n) is 4.77. The van der Waals surface area contributed by atoms with Crippen molar-refractivity contribution in [1.29, 1.82) is 0 Å². The van der Waals surface area contributed by atoms with Gasteiger partial charge in [-0.3, -0.25) is 0 Å². The molecular weight excluding hydrogens is 208 g/mol. The standard InChI is InChI=1S/C15H26N2/c1-4-8-15(16-2)13-17(3)12-11-14-9-6-5-7-10-14/h5-7,9-10,15-16H,4,8,11-13H2,1-3H3. The van der Waals surface area contributed by atoms with Crippen molar-refractivity contribution in [2.45, 2.75) is 32.2 Å². The molecule has 0 bridgehead atoms. The third kappa shape index (κ3) is 5.85. The average Bonchev–Trinajstić information content (AvgIpc) is 2.37. The van der Waals surface area contributed by atoms with Crippen LogP contribution < -0.4 is 5.32 Å². The zero-order chi connectivity index (χ0) is 12.5. The molecule has 0 saturated heterocycles. The smallest absolute Gasteiger partial charge is 0.0191 e. The van der Waals surface area contributed by atoms with Crippen LogP contribution in [0, 0.1) is 0 Å². The molecular formula is C15H26N2. The molecule has 0 aliphatic heterocycles. The lowest BCUT2D eigenvalue weighted by molar-refractivity contribution is 0.289. The maximum absolute atomic E-state index is 3.39. The summed E-state index contributed by atoms with van der Waals surface area (Å²) in [6.45, 7) is 4.51. The fraction of sp³-hybridized carbons (Fsp3) is 0.600. The first-order chi connectivity index (χ1) is 8.26. The predicted molar refractivity (Wildman–Crippen MR) is 75.4 cm³/mol. The van der Waals surface area contributed by atoms with Crippen LogP contribution >= 0.6 is 0 Å². The summed E-state index contributed by atoms with van der Waals surface area (Å²) >= 11 is 0. The van der Waals surface area contributed by atoms with Gasteiger partial charge in [-0.25, -0.2) is 0 Å². The number of hydrogen-bond acceptors (Lipinski definition) is 2. The first-order valence-corrected chi connectivity index (χ1v) is 6.66. The maximum atomic E-state index is 3.39. The van der Waals surface area contributed by atoms with Gasteiger partial charge in [-0.2, -0.15) is 0 Å². The van der Waals surface area contributed by atoms with Crippen molar-refractivity contribution < 1.29 is 0 Å². The van der Waals surface area contributed by atoms with E-state index in [1.54, 1.807) is 0 Å². The number of nitrogens with one attached hydrogen (secondary N) is 1. The number of hydrogen-bond donors (Lipinski definition) is 1. The fourth-order valence-electron chi connectivity index (χ4n) is 2.11. The van der Waals surface area contributed by atoms with Crippen LogP contribution in [-0.2, 0) is 6.42 Å². The van der Waals surface area contributed by atoms with Gasteiger partial charge < -0.3 is 10.2 Å². The van der Waals surface area contributed by atoms with Gasteiger partial charge in [0.05, 0.1) is 0 Å². The molecule has 1 atom stereocenters. The highest BCUT2D eigenvalue weighted by Crippen LogP contribution is 2.02. The molecule has 0 spiro atoms. The van der Waals surface area contributed by atoms with Gasteiger partial charge in [-0.15, -0.1) is 0 Å². The molecule has 0 aliphatic carbocycles. The van der Waals surface area contributed by atoms with Crippen LogP contribution in [0.4, 0.5) is 0 Å². The Balaban J connectivity index is 2.27. The Morgan fingerprint density at radius 1 is 1.24 bits per heavy atom. The van der Waals surface area contributed by atoms with Gasteiger partial charge in [0.1, 0.15) is 0 Å². The summed E-state index contributed by atoms with van der Waals surface area (Å²) in [5.41, 5.74) is 1.43. The zero-order valence-electron chi connectivity index (χ0n) is 11.4. The predicted octanol–water partition coefficient (Wildman–Crippen LogP) is 2.55. The zero-order valence-corrected chi connectivity index (χ0v) is 11.4. The second-order valence-corrected chi connectivity index (χ2v) is 4.77. The SMILES string of the molecule is CCCC(CN(C)CCc1ccccc1)NC. The van der Waals surface area contributed by atoms with Crippen molar-refractivity contribution in [2.24, 2.45) is 0 Å². The van der Waals surface area contributed by atoms with E-state index in [0.717, 1.165) is 19.5 Å². The second kappa shape index (κ2) is 8.26. The molecule has 17 heavy (non-hydrogen) atoms. The largest absolute Gasteiger partial charge is 0.316 e. The highest BCUT2D eigenvalue weighted by molar-refractivity contribution is 5.14. The van der Waals surface area contributed by atoms with Crippen LogP contribution in [0.25, 0.3) is 0 Å². The molecule has 0 aromatic heterocycles. The number of nitrogens with zero attached hydrogens (tertiary/aromatic N) is 1. The average molecular weight is 234 g/mol. The van der Waals surface area contributed by atoms with E-state index in [0.29, 0.717) is 6.04 Å². The minimum atomic E-state index is 0.626. The van der Waals surface area contributed by atoms with Crippen LogP contribution in [-0.4, -0.2) is 38.1 Å². The Kier molecular flexibility index (Phi) is 6.90. The quantitative estimate of drug-likeness (QED) is 0.743. The molecule has 1 aromatic carbocycles. The van der Waals surface area contributed by atoms with E-state index in [4.69, 9.17) is 0 Å². The van der Waals surface area contributed by atoms with E-state index in [9.17, 15) is 0 Å². The summed E-state index contributed by atoms with van der Waals surface area (Å²) < 4.78 is 0. The van der Waals surface area contributed by atoms with Gasteiger partial charge in [0.15, 0.2) is 0 Å². The molecule has 1 rings (SSSR count). The minimum absolute atomic E-state index is 0.626. The molecule has 1 unspecified atom stereocenters. The normalized spacial score (nSPS) is 12.9. The Morgan fingerprint density at radius 3 is 2.53 bits per heavy atom. The molecule has 2 nitrogen and oxygen atoms in total. The maximum Gasteiger partial charge on any atom is 0.0191 e. The van der Waals surface area contributed by atoms with Crippen molar-refractivity contribution in [3.05, 3.63) is 35.9 Å². The summed E-state index contributed by atoms with van der Waals surface area (Å²) in [5.74, 6) is 0. The first-order valence-electron chi connectivity index (χ1n) is 6.66. The Hall–Kier alpha value is -0.860. The lowest BCUT2D eigenvalue weighted by atomic mass is 10.1. The van der Waals surface area contributed by atoms with E-state index in [-0.39, 0.29) is 0 Å². The summed E-state index contributed by atoms with van der Waals surface area (Å²) in [5, 5.41) is 3.39. The van der Waals surface area contributed by atoms with Crippen LogP contribution in [0.5, 0.6) is 0 Å². The fourth-order valence-corrected chi connectivity index (χ4v) is 2.11. The Labute approximate surface area is 106 Å². The van der Waals surface area contributed by atoms with Gasteiger partial charge in [0.25, 0.3) is 0 Å². The van der Waals surface area contributed by atoms with Gasteiger partial charge in [0.2, 0.25) is 0 Å². The van der Waals surface area contributed by atoms with E-state index in [2.05, 4.69) is 61.6 Å². The van der Waals surface area contributed by atoms with Crippen LogP contribution in [0.1, 0.15) is 25.3 Å². The molecule has 0 amide bonds. The summed E-state index contributed by atoms with van der Waals surface area (Å²) in [6, 6.07) is 11.3. The highest BCUT2D eigenvalue weighted by atomic mass is 15.1. The van der Waals surface area contributed by atoms with Crippen molar-refractivity contribution in [1.82, 2.24) is 10.2 Å². The first kappa shape index (κ1) is 14.2. The van der Waals surface area contributed by atoms with Crippen molar-refractivity contribution in [3.63, 3.8) is 0 Å². The third-order valence-corrected chi connectivity index (χ3v) is 3.20. The molecule has 96 valence electrons. The third-order valence-electron chi connectivity index (χ3n) is 3.20. The molecule has 1 aromatic rings. The van der Waals surface area contributed by atoms with Gasteiger partial charge in [-0.05, 0) is 32.5 Å². The lowest BCUT2D eigenvalue weighted by Gasteiger charge is -2.23. The molecule has 1 N–H and O–H groups in total. The van der Waals surface area contributed by atoms with Gasteiger partial charge >= 0.3 is 0 Å². The van der Waals surface area contributed by atoms with Gasteiger partial charge in [-0.1, -0.05) is 43.7 Å². The van der Waals surface area contributed by atoms with Crippen molar-refractivity contribution in [3.8, 4) is 0 Å². The summed E-state index contributed by atoms with van der Waals surface area (Å²) in [6.07, 6.45) is 3.64. The van der Waals surface area contributed by atoms with Crippen molar-refractivity contribution >= 4 is 0 Å². The minimum Gasteiger partial charge on any atom is -0.316 e. The summed E-state index contributed by atoms with van der Waals surface area (Å²) in [4.78, 5) is 2.42. The molecule has 0 aliphatic rings. The molecule has 0 saturated carbocycles. The molecule has 0 radical (unpaired) electrons. The Morgan fingerprint density at radius 2 is 1.94 bits per heavy atom. The van der Waals surface area contributed by atoms with E-state index in [1.807, 2.05) is 0 Å². The number of benzene rings is 1. The van der Waals surface area contributed by atoms with Crippen molar-refractivity contribution in [2.75, 3.05) is 27.2 Å². The molecule has 0 heterocycles. The van der Waals surface area contributed by atoms with Gasteiger partial charge in [0, 0.05) is 19.1 Å².